The van der Waals surface area contributed by atoms with E-state index in [2.05, 4.69) is 15.2 Å². The van der Waals surface area contributed by atoms with Crippen molar-refractivity contribution in [2.75, 3.05) is 7.11 Å². The van der Waals surface area contributed by atoms with E-state index in [-0.39, 0.29) is 6.04 Å². The Morgan fingerprint density at radius 2 is 2.12 bits per heavy atom. The van der Waals surface area contributed by atoms with Gasteiger partial charge in [-0.1, -0.05) is 0 Å². The molecule has 0 saturated carbocycles. The SMILES string of the molecule is COc1ccc(-c2nc(C)c(C(C)N)s2)nn1. The molecule has 0 amide bonds. The lowest BCUT2D eigenvalue weighted by molar-refractivity contribution is 0.392. The number of nitrogens with zero attached hydrogens (tertiary/aromatic N) is 3. The lowest BCUT2D eigenvalue weighted by atomic mass is 10.2. The maximum absolute atomic E-state index is 5.87. The quantitative estimate of drug-likeness (QED) is 0.901. The molecule has 1 unspecified atom stereocenters. The molecular formula is C11H14N4OS. The molecule has 0 aliphatic heterocycles. The molecule has 5 nitrogen and oxygen atoms in total. The van der Waals surface area contributed by atoms with Crippen LogP contribution < -0.4 is 10.5 Å². The minimum absolute atomic E-state index is 0.00698. The number of rotatable bonds is 3. The summed E-state index contributed by atoms with van der Waals surface area (Å²) in [4.78, 5) is 5.53. The maximum atomic E-state index is 5.87. The molecule has 6 heteroatoms. The minimum atomic E-state index is -0.00698. The molecule has 2 N–H and O–H groups in total. The lowest BCUT2D eigenvalue weighted by Gasteiger charge is -2.00. The van der Waals surface area contributed by atoms with Gasteiger partial charge >= 0.3 is 0 Å². The summed E-state index contributed by atoms with van der Waals surface area (Å²) in [6.07, 6.45) is 0. The van der Waals surface area contributed by atoms with Gasteiger partial charge in [0.15, 0.2) is 0 Å². The van der Waals surface area contributed by atoms with Crippen LogP contribution in [0.2, 0.25) is 0 Å². The zero-order valence-electron chi connectivity index (χ0n) is 9.97. The smallest absolute Gasteiger partial charge is 0.233 e. The van der Waals surface area contributed by atoms with Crippen molar-refractivity contribution in [2.45, 2.75) is 19.9 Å². The molecule has 2 aromatic rings. The number of methoxy groups -OCH3 is 1. The average molecular weight is 250 g/mol. The number of nitrogens with two attached hydrogens (primary N) is 1. The van der Waals surface area contributed by atoms with Crippen molar-refractivity contribution in [2.24, 2.45) is 5.73 Å². The molecular weight excluding hydrogens is 236 g/mol. The topological polar surface area (TPSA) is 73.9 Å². The van der Waals surface area contributed by atoms with E-state index >= 15 is 0 Å². The Morgan fingerprint density at radius 3 is 2.59 bits per heavy atom. The zero-order chi connectivity index (χ0) is 12.4. The van der Waals surface area contributed by atoms with E-state index in [1.54, 1.807) is 24.5 Å². The fraction of sp³-hybridized carbons (Fsp3) is 0.364. The van der Waals surface area contributed by atoms with Gasteiger partial charge < -0.3 is 10.5 Å². The van der Waals surface area contributed by atoms with Crippen LogP contribution in [0.4, 0.5) is 0 Å². The Kier molecular flexibility index (Phi) is 3.35. The predicted octanol–water partition coefficient (Wildman–Crippen LogP) is 1.94. The third-order valence-electron chi connectivity index (χ3n) is 2.31. The highest BCUT2D eigenvalue weighted by molar-refractivity contribution is 7.15. The van der Waals surface area contributed by atoms with E-state index in [1.165, 1.54) is 0 Å². The van der Waals surface area contributed by atoms with Crippen LogP contribution in [0.1, 0.15) is 23.5 Å². The third kappa shape index (κ3) is 2.42. The molecule has 0 radical (unpaired) electrons. The van der Waals surface area contributed by atoms with Gasteiger partial charge in [0, 0.05) is 17.0 Å². The van der Waals surface area contributed by atoms with Crippen LogP contribution in [0.3, 0.4) is 0 Å². The Hall–Kier alpha value is -1.53. The fourth-order valence-corrected chi connectivity index (χ4v) is 2.47. The standard InChI is InChI=1S/C11H14N4OS/c1-6(12)10-7(2)13-11(17-10)8-4-5-9(16-3)15-14-8/h4-6H,12H2,1-3H3. The number of hydrogen-bond acceptors (Lipinski definition) is 6. The summed E-state index contributed by atoms with van der Waals surface area (Å²) in [5.41, 5.74) is 7.56. The highest BCUT2D eigenvalue weighted by Gasteiger charge is 2.13. The first-order valence-corrected chi connectivity index (χ1v) is 6.04. The molecule has 0 fully saturated rings. The van der Waals surface area contributed by atoms with Gasteiger partial charge in [0.2, 0.25) is 5.88 Å². The van der Waals surface area contributed by atoms with Crippen LogP contribution in [0.5, 0.6) is 5.88 Å². The monoisotopic (exact) mass is 250 g/mol. The Labute approximate surface area is 104 Å². The van der Waals surface area contributed by atoms with Gasteiger partial charge in [0.1, 0.15) is 10.7 Å². The van der Waals surface area contributed by atoms with Gasteiger partial charge in [-0.3, -0.25) is 0 Å². The van der Waals surface area contributed by atoms with Crippen LogP contribution >= 0.6 is 11.3 Å². The van der Waals surface area contributed by atoms with Crippen LogP contribution in [0.25, 0.3) is 10.7 Å². The van der Waals surface area contributed by atoms with E-state index in [1.807, 2.05) is 19.9 Å². The second kappa shape index (κ2) is 4.77. The van der Waals surface area contributed by atoms with Crippen molar-refractivity contribution in [1.82, 2.24) is 15.2 Å². The predicted molar refractivity (Wildman–Crippen MR) is 67.0 cm³/mol. The molecule has 0 bridgehead atoms. The molecule has 0 saturated heterocycles. The maximum Gasteiger partial charge on any atom is 0.233 e. The summed E-state index contributed by atoms with van der Waals surface area (Å²) in [6, 6.07) is 3.60. The second-order valence-corrected chi connectivity index (χ2v) is 4.75. The third-order valence-corrected chi connectivity index (χ3v) is 3.70. The van der Waals surface area contributed by atoms with E-state index < -0.39 is 0 Å². The molecule has 2 rings (SSSR count). The normalized spacial score (nSPS) is 12.5. The Morgan fingerprint density at radius 1 is 1.35 bits per heavy atom. The molecule has 0 spiro atoms. The molecule has 17 heavy (non-hydrogen) atoms. The molecule has 0 aliphatic rings. The summed E-state index contributed by atoms with van der Waals surface area (Å²) in [6.45, 7) is 3.90. The van der Waals surface area contributed by atoms with Crippen molar-refractivity contribution < 1.29 is 4.74 Å². The van der Waals surface area contributed by atoms with Gasteiger partial charge in [-0.2, -0.15) is 0 Å². The lowest BCUT2D eigenvalue weighted by Crippen LogP contribution is -2.03. The van der Waals surface area contributed by atoms with Crippen molar-refractivity contribution in [3.8, 4) is 16.6 Å². The zero-order valence-corrected chi connectivity index (χ0v) is 10.8. The summed E-state index contributed by atoms with van der Waals surface area (Å²) >= 11 is 1.55. The van der Waals surface area contributed by atoms with Crippen LogP contribution in [0, 0.1) is 6.92 Å². The number of hydrogen-bond donors (Lipinski definition) is 1. The van der Waals surface area contributed by atoms with Crippen molar-refractivity contribution in [3.05, 3.63) is 22.7 Å². The van der Waals surface area contributed by atoms with Gasteiger partial charge in [-0.05, 0) is 19.9 Å². The largest absolute Gasteiger partial charge is 0.480 e. The first-order chi connectivity index (χ1) is 8.11. The fourth-order valence-electron chi connectivity index (χ4n) is 1.48. The first-order valence-electron chi connectivity index (χ1n) is 5.23. The molecule has 0 aromatic carbocycles. The van der Waals surface area contributed by atoms with Crippen molar-refractivity contribution in [1.29, 1.82) is 0 Å². The van der Waals surface area contributed by atoms with E-state index in [4.69, 9.17) is 10.5 Å². The molecule has 2 heterocycles. The van der Waals surface area contributed by atoms with Crippen LogP contribution in [0.15, 0.2) is 12.1 Å². The minimum Gasteiger partial charge on any atom is -0.480 e. The average Bonchev–Trinajstić information content (AvgIpc) is 2.71. The van der Waals surface area contributed by atoms with Crippen molar-refractivity contribution in [3.63, 3.8) is 0 Å². The Bertz CT molecular complexity index is 507. The number of thiazole rings is 1. The van der Waals surface area contributed by atoms with E-state index in [0.29, 0.717) is 5.88 Å². The summed E-state index contributed by atoms with van der Waals surface area (Å²) in [5.74, 6) is 0.495. The molecule has 2 aromatic heterocycles. The second-order valence-electron chi connectivity index (χ2n) is 3.72. The first kappa shape index (κ1) is 11.9. The molecule has 90 valence electrons. The van der Waals surface area contributed by atoms with Crippen LogP contribution in [-0.2, 0) is 0 Å². The highest BCUT2D eigenvalue weighted by atomic mass is 32.1. The highest BCUT2D eigenvalue weighted by Crippen LogP contribution is 2.29. The van der Waals surface area contributed by atoms with Gasteiger partial charge in [-0.15, -0.1) is 21.5 Å². The summed E-state index contributed by atoms with van der Waals surface area (Å²) < 4.78 is 4.96. The Balaban J connectivity index is 2.36. The number of aryl methyl sites for hydroxylation is 1. The molecule has 0 aliphatic carbocycles. The summed E-state index contributed by atoms with van der Waals surface area (Å²) in [7, 11) is 1.56. The van der Waals surface area contributed by atoms with Gasteiger partial charge in [0.25, 0.3) is 0 Å². The van der Waals surface area contributed by atoms with Crippen LogP contribution in [-0.4, -0.2) is 22.3 Å². The van der Waals surface area contributed by atoms with E-state index in [9.17, 15) is 0 Å². The summed E-state index contributed by atoms with van der Waals surface area (Å²) in [5, 5.41) is 8.82. The van der Waals surface area contributed by atoms with Gasteiger partial charge in [0.05, 0.1) is 12.8 Å². The molecule has 1 atom stereocenters. The van der Waals surface area contributed by atoms with Gasteiger partial charge in [-0.25, -0.2) is 4.98 Å². The van der Waals surface area contributed by atoms with Crippen molar-refractivity contribution >= 4 is 11.3 Å². The number of ether oxygens (including phenoxy) is 1. The number of aromatic nitrogens is 3. The van der Waals surface area contributed by atoms with E-state index in [0.717, 1.165) is 21.3 Å².